The normalized spacial score (nSPS) is 18.8. The highest BCUT2D eigenvalue weighted by Crippen LogP contribution is 2.40. The molecule has 3 saturated heterocycles. The van der Waals surface area contributed by atoms with E-state index in [4.69, 9.17) is 21.7 Å². The molecule has 0 aliphatic carbocycles. The number of carbonyl (C=O) groups excluding carboxylic acids is 5. The fraction of sp³-hybridized carbons (Fsp3) is 0.462. The summed E-state index contributed by atoms with van der Waals surface area (Å²) in [6.45, 7) is 11.9. The Labute approximate surface area is 431 Å². The SMILES string of the molecule is Cc1ncsc1-c1ccc(CNC(=O)[C@@H]2C[C@@H](O)CN2C(=O)C(NC(=O)COCCCOC2CCN(C(=O)c3ccc(N4C(=S)N(c5ccc(C#N)c(C(F)(F)F)c5)C(=O)C4(C)C)cc3)CC2)C(C)(C)C)cc1. The molecule has 16 nitrogen and oxygen atoms in total. The first-order valence-corrected chi connectivity index (χ1v) is 25.2. The van der Waals surface area contributed by atoms with Crippen molar-refractivity contribution in [3.05, 3.63) is 100 Å². The highest BCUT2D eigenvalue weighted by molar-refractivity contribution is 7.81. The van der Waals surface area contributed by atoms with Crippen molar-refractivity contribution in [1.29, 1.82) is 5.26 Å². The molecule has 73 heavy (non-hydrogen) atoms. The number of nitrogens with one attached hydrogen (secondary N) is 2. The van der Waals surface area contributed by atoms with Crippen molar-refractivity contribution >= 4 is 69.6 Å². The van der Waals surface area contributed by atoms with Gasteiger partial charge in [-0.25, -0.2) is 4.98 Å². The van der Waals surface area contributed by atoms with Crippen molar-refractivity contribution in [2.75, 3.05) is 49.3 Å². The Morgan fingerprint density at radius 3 is 2.29 bits per heavy atom. The predicted molar refractivity (Wildman–Crippen MR) is 271 cm³/mol. The summed E-state index contributed by atoms with van der Waals surface area (Å²) in [5.41, 5.74) is 1.60. The number of amides is 5. The number of carbonyl (C=O) groups is 5. The molecule has 3 fully saturated rings. The van der Waals surface area contributed by atoms with Crippen molar-refractivity contribution in [2.24, 2.45) is 5.41 Å². The number of aliphatic hydroxyl groups is 1. The van der Waals surface area contributed by atoms with Crippen molar-refractivity contribution in [1.82, 2.24) is 25.4 Å². The summed E-state index contributed by atoms with van der Waals surface area (Å²) in [4.78, 5) is 78.7. The maximum atomic E-state index is 14.0. The highest BCUT2D eigenvalue weighted by Gasteiger charge is 2.51. The molecule has 4 aromatic rings. The minimum Gasteiger partial charge on any atom is -0.391 e. The van der Waals surface area contributed by atoms with Crippen LogP contribution in [0.2, 0.25) is 0 Å². The molecule has 0 bridgehead atoms. The van der Waals surface area contributed by atoms with E-state index in [9.17, 15) is 47.5 Å². The number of thiocarbonyl (C=S) groups is 1. The number of piperidine rings is 1. The van der Waals surface area contributed by atoms with Gasteiger partial charge in [0.25, 0.3) is 11.8 Å². The molecule has 0 saturated carbocycles. The first-order chi connectivity index (χ1) is 34.5. The molecular weight excluding hydrogens is 986 g/mol. The highest BCUT2D eigenvalue weighted by atomic mass is 32.1. The molecule has 3 aliphatic heterocycles. The van der Waals surface area contributed by atoms with Gasteiger partial charge < -0.3 is 39.9 Å². The zero-order valence-electron chi connectivity index (χ0n) is 41.5. The molecule has 0 spiro atoms. The minimum atomic E-state index is -4.83. The number of hydrogen-bond acceptors (Lipinski definition) is 12. The van der Waals surface area contributed by atoms with E-state index >= 15 is 0 Å². The van der Waals surface area contributed by atoms with Gasteiger partial charge in [0.1, 0.15) is 24.2 Å². The van der Waals surface area contributed by atoms with Crippen LogP contribution in [0.5, 0.6) is 0 Å². The summed E-state index contributed by atoms with van der Waals surface area (Å²) < 4.78 is 53.0. The van der Waals surface area contributed by atoms with E-state index in [-0.39, 0.29) is 55.5 Å². The van der Waals surface area contributed by atoms with Crippen molar-refractivity contribution < 1.29 is 51.7 Å². The lowest BCUT2D eigenvalue weighted by molar-refractivity contribution is -0.144. The standard InChI is InChI=1S/C52H59F3N8O8S2/c1-31-43(73-30-58-31)33-10-8-32(9-11-33)27-57-45(66)41-25-38(64)28-61(41)47(68)44(50(2,3)4)59-42(65)29-70-22-7-23-71-39-18-20-60(21-19-39)46(67)34-12-15-36(16-13-34)63-49(72)62(48(69)51(63,5)6)37-17-14-35(26-56)40(24-37)52(53,54)55/h8-17,24,30,38-39,41,44,64H,7,18-23,25,27-29H2,1-6H3,(H,57,66)(H,59,65)/t38-,41+,44?/m1/s1. The van der Waals surface area contributed by atoms with Crippen molar-refractivity contribution in [3.8, 4) is 16.5 Å². The van der Waals surface area contributed by atoms with E-state index in [1.165, 1.54) is 21.9 Å². The van der Waals surface area contributed by atoms with E-state index in [1.54, 1.807) is 59.9 Å². The number of alkyl halides is 3. The average Bonchev–Trinajstić information content (AvgIpc) is 4.02. The van der Waals surface area contributed by atoms with Crippen molar-refractivity contribution in [2.45, 2.75) is 110 Å². The number of rotatable bonds is 16. The van der Waals surface area contributed by atoms with Gasteiger partial charge in [-0.3, -0.25) is 28.9 Å². The van der Waals surface area contributed by atoms with Gasteiger partial charge in [0.2, 0.25) is 17.7 Å². The number of ether oxygens (including phenoxy) is 2. The predicted octanol–water partition coefficient (Wildman–Crippen LogP) is 6.76. The lowest BCUT2D eigenvalue weighted by Crippen LogP contribution is -2.58. The third kappa shape index (κ3) is 12.4. The second-order valence-electron chi connectivity index (χ2n) is 19.9. The first-order valence-electron chi connectivity index (χ1n) is 23.9. The average molecular weight is 1050 g/mol. The number of anilines is 2. The van der Waals surface area contributed by atoms with Gasteiger partial charge in [-0.15, -0.1) is 11.3 Å². The number of aromatic nitrogens is 1. The molecule has 1 unspecified atom stereocenters. The van der Waals surface area contributed by atoms with Crippen LogP contribution in [-0.4, -0.2) is 124 Å². The maximum absolute atomic E-state index is 14.0. The van der Waals surface area contributed by atoms with E-state index in [0.29, 0.717) is 50.2 Å². The Morgan fingerprint density at radius 2 is 1.67 bits per heavy atom. The Bertz CT molecular complexity index is 2750. The number of hydrogen-bond donors (Lipinski definition) is 3. The summed E-state index contributed by atoms with van der Waals surface area (Å²) >= 11 is 7.20. The number of aryl methyl sites for hydroxylation is 1. The second kappa shape index (κ2) is 22.4. The van der Waals surface area contributed by atoms with Gasteiger partial charge in [-0.05, 0) is 111 Å². The third-order valence-corrected chi connectivity index (χ3v) is 14.5. The molecular formula is C52H59F3N8O8S2. The van der Waals surface area contributed by atoms with Gasteiger partial charge >= 0.3 is 6.18 Å². The molecule has 3 aliphatic rings. The van der Waals surface area contributed by atoms with E-state index < -0.39 is 70.1 Å². The number of benzene rings is 3. The third-order valence-electron chi connectivity index (χ3n) is 13.2. The molecule has 388 valence electrons. The van der Waals surface area contributed by atoms with Gasteiger partial charge in [-0.2, -0.15) is 18.4 Å². The Kier molecular flexibility index (Phi) is 16.7. The van der Waals surface area contributed by atoms with Crippen molar-refractivity contribution in [3.63, 3.8) is 0 Å². The molecule has 5 amide bonds. The summed E-state index contributed by atoms with van der Waals surface area (Å²) in [6.07, 6.45) is -4.09. The molecule has 7 rings (SSSR count). The number of thiazole rings is 1. The molecule has 1 aromatic heterocycles. The van der Waals surface area contributed by atoms with Crippen LogP contribution in [0.15, 0.2) is 72.2 Å². The molecule has 4 heterocycles. The summed E-state index contributed by atoms with van der Waals surface area (Å²) in [7, 11) is 0. The van der Waals surface area contributed by atoms with Crippen LogP contribution in [-0.2, 0) is 41.4 Å². The van der Waals surface area contributed by atoms with E-state index in [2.05, 4.69) is 15.6 Å². The number of β-amino-alcohol motifs (C(OH)–C–C–N with tert-alkyl or cyclic N) is 1. The summed E-state index contributed by atoms with van der Waals surface area (Å²) in [6, 6.07) is 16.9. The van der Waals surface area contributed by atoms with Crippen LogP contribution in [0.4, 0.5) is 24.5 Å². The molecule has 21 heteroatoms. The molecule has 3 N–H and O–H groups in total. The smallest absolute Gasteiger partial charge is 0.391 e. The van der Waals surface area contributed by atoms with Gasteiger partial charge in [0, 0.05) is 57.1 Å². The summed E-state index contributed by atoms with van der Waals surface area (Å²) in [5, 5.41) is 25.5. The number of nitrogens with zero attached hydrogens (tertiary/aromatic N) is 6. The molecule has 3 atom stereocenters. The zero-order valence-corrected chi connectivity index (χ0v) is 43.1. The lowest BCUT2D eigenvalue weighted by Gasteiger charge is -2.35. The number of halogens is 3. The summed E-state index contributed by atoms with van der Waals surface area (Å²) in [5.74, 6) is -2.14. The topological polar surface area (TPSA) is 198 Å². The van der Waals surface area contributed by atoms with Crippen LogP contribution in [0.25, 0.3) is 10.4 Å². The largest absolute Gasteiger partial charge is 0.417 e. The van der Waals surface area contributed by atoms with Crippen LogP contribution >= 0.6 is 23.6 Å². The number of likely N-dealkylation sites (tertiary alicyclic amines) is 2. The first kappa shape index (κ1) is 54.5. The quantitative estimate of drug-likeness (QED) is 0.0789. The van der Waals surface area contributed by atoms with E-state index in [1.807, 2.05) is 52.0 Å². The number of aliphatic hydroxyl groups excluding tert-OH is 1. The van der Waals surface area contributed by atoms with Crippen LogP contribution in [0.1, 0.15) is 93.0 Å². The fourth-order valence-electron chi connectivity index (χ4n) is 9.18. The minimum absolute atomic E-state index is 0.0464. The fourth-order valence-corrected chi connectivity index (χ4v) is 10.5. The second-order valence-corrected chi connectivity index (χ2v) is 21.1. The zero-order chi connectivity index (χ0) is 53.0. The van der Waals surface area contributed by atoms with Gasteiger partial charge in [-0.1, -0.05) is 45.0 Å². The molecule has 0 radical (unpaired) electrons. The molecule has 3 aromatic carbocycles. The Balaban J connectivity index is 0.823. The monoisotopic (exact) mass is 1040 g/mol. The Morgan fingerprint density at radius 1 is 1.00 bits per heavy atom. The van der Waals surface area contributed by atoms with Crippen LogP contribution in [0, 0.1) is 23.7 Å². The number of nitriles is 1. The maximum Gasteiger partial charge on any atom is 0.417 e. The van der Waals surface area contributed by atoms with Gasteiger partial charge in [0.15, 0.2) is 5.11 Å². The van der Waals surface area contributed by atoms with Gasteiger partial charge in [0.05, 0.1) is 51.2 Å². The Hall–Kier alpha value is -6.31. The van der Waals surface area contributed by atoms with E-state index in [0.717, 1.165) is 38.7 Å². The lowest BCUT2D eigenvalue weighted by atomic mass is 9.85. The van der Waals surface area contributed by atoms with Crippen LogP contribution < -0.4 is 20.4 Å². The van der Waals surface area contributed by atoms with Crippen LogP contribution in [0.3, 0.4) is 0 Å².